The second-order valence-corrected chi connectivity index (χ2v) is 6.58. The predicted octanol–water partition coefficient (Wildman–Crippen LogP) is 4.07. The topological polar surface area (TPSA) is 94.2 Å². The van der Waals surface area contributed by atoms with Crippen molar-refractivity contribution in [2.75, 3.05) is 5.32 Å². The molecule has 0 saturated heterocycles. The van der Waals surface area contributed by atoms with Crippen molar-refractivity contribution in [3.8, 4) is 0 Å². The number of fused-ring (bicyclic) bond motifs is 1. The Labute approximate surface area is 159 Å². The largest absolute Gasteiger partial charge is 0.324 e. The molecule has 0 aliphatic heterocycles. The molecule has 1 N–H and O–H groups in total. The van der Waals surface area contributed by atoms with Crippen LogP contribution in [0.25, 0.3) is 10.9 Å². The molecular formula is C19H16ClN3O4. The molecule has 0 saturated carbocycles. The zero-order valence-electron chi connectivity index (χ0n) is 14.6. The Morgan fingerprint density at radius 1 is 1.19 bits per heavy atom. The lowest BCUT2D eigenvalue weighted by molar-refractivity contribution is -0.384. The van der Waals surface area contributed by atoms with Crippen molar-refractivity contribution < 1.29 is 9.72 Å². The van der Waals surface area contributed by atoms with E-state index in [-0.39, 0.29) is 11.2 Å². The Hall–Kier alpha value is -3.19. The van der Waals surface area contributed by atoms with Crippen molar-refractivity contribution in [2.45, 2.75) is 19.9 Å². The summed E-state index contributed by atoms with van der Waals surface area (Å²) in [7, 11) is 0. The monoisotopic (exact) mass is 385 g/mol. The third kappa shape index (κ3) is 3.68. The number of hydrogen-bond acceptors (Lipinski definition) is 4. The molecule has 7 nitrogen and oxygen atoms in total. The molecule has 1 unspecified atom stereocenters. The normalized spacial score (nSPS) is 12.0. The number of halogens is 1. The number of carbonyl (C=O) groups is 1. The van der Waals surface area contributed by atoms with Crippen molar-refractivity contribution in [1.82, 2.24) is 4.57 Å². The van der Waals surface area contributed by atoms with Gasteiger partial charge in [0.05, 0.1) is 10.4 Å². The lowest BCUT2D eigenvalue weighted by Gasteiger charge is -2.18. The van der Waals surface area contributed by atoms with Crippen LogP contribution < -0.4 is 10.9 Å². The molecule has 3 rings (SSSR count). The number of aromatic nitrogens is 1. The highest BCUT2D eigenvalue weighted by atomic mass is 35.5. The Bertz CT molecular complexity index is 1120. The van der Waals surface area contributed by atoms with E-state index in [0.29, 0.717) is 21.6 Å². The van der Waals surface area contributed by atoms with Gasteiger partial charge >= 0.3 is 0 Å². The molecule has 0 spiro atoms. The van der Waals surface area contributed by atoms with Gasteiger partial charge in [-0.25, -0.2) is 0 Å². The van der Waals surface area contributed by atoms with Gasteiger partial charge in [-0.3, -0.25) is 24.3 Å². The summed E-state index contributed by atoms with van der Waals surface area (Å²) in [5, 5.41) is 14.7. The van der Waals surface area contributed by atoms with Gasteiger partial charge in [0.15, 0.2) is 0 Å². The van der Waals surface area contributed by atoms with Crippen LogP contribution in [0.5, 0.6) is 0 Å². The van der Waals surface area contributed by atoms with Crippen LogP contribution in [0.3, 0.4) is 0 Å². The molecule has 1 amide bonds. The number of rotatable bonds is 4. The third-order valence-electron chi connectivity index (χ3n) is 4.33. The van der Waals surface area contributed by atoms with E-state index in [0.717, 1.165) is 5.56 Å². The molecule has 1 aromatic heterocycles. The van der Waals surface area contributed by atoms with Crippen molar-refractivity contribution in [1.29, 1.82) is 0 Å². The summed E-state index contributed by atoms with van der Waals surface area (Å²) in [6, 6.07) is 11.3. The lowest BCUT2D eigenvalue weighted by atomic mass is 10.1. The van der Waals surface area contributed by atoms with E-state index >= 15 is 0 Å². The number of nitro groups is 1. The van der Waals surface area contributed by atoms with Gasteiger partial charge in [-0.2, -0.15) is 0 Å². The third-order valence-corrected chi connectivity index (χ3v) is 4.74. The molecule has 1 atom stereocenters. The summed E-state index contributed by atoms with van der Waals surface area (Å²) >= 11 is 6.08. The molecular weight excluding hydrogens is 370 g/mol. The SMILES string of the molecule is Cc1ccc(NC(=O)C(C)n2c(=O)ccc3cc([N+](=O)[O-])ccc32)cc1Cl. The molecule has 27 heavy (non-hydrogen) atoms. The Morgan fingerprint density at radius 3 is 2.59 bits per heavy atom. The highest BCUT2D eigenvalue weighted by Gasteiger charge is 2.19. The first-order valence-corrected chi connectivity index (χ1v) is 8.52. The first-order chi connectivity index (χ1) is 12.8. The molecule has 0 radical (unpaired) electrons. The van der Waals surface area contributed by atoms with Crippen LogP contribution in [0.1, 0.15) is 18.5 Å². The summed E-state index contributed by atoms with van der Waals surface area (Å²) in [5.74, 6) is -0.400. The minimum Gasteiger partial charge on any atom is -0.324 e. The van der Waals surface area contributed by atoms with Crippen LogP contribution in [-0.4, -0.2) is 15.4 Å². The van der Waals surface area contributed by atoms with Crippen LogP contribution in [0.4, 0.5) is 11.4 Å². The summed E-state index contributed by atoms with van der Waals surface area (Å²) in [4.78, 5) is 35.5. The van der Waals surface area contributed by atoms with E-state index in [1.54, 1.807) is 25.1 Å². The van der Waals surface area contributed by atoms with E-state index in [9.17, 15) is 19.7 Å². The number of non-ortho nitro benzene ring substituents is 1. The summed E-state index contributed by atoms with van der Waals surface area (Å²) in [5.41, 5.74) is 1.39. The second-order valence-electron chi connectivity index (χ2n) is 6.17. The number of benzene rings is 2. The summed E-state index contributed by atoms with van der Waals surface area (Å²) < 4.78 is 1.31. The first-order valence-electron chi connectivity index (χ1n) is 8.14. The number of nitro benzene ring substituents is 1. The van der Waals surface area contributed by atoms with Gasteiger partial charge in [0.25, 0.3) is 11.2 Å². The van der Waals surface area contributed by atoms with Crippen LogP contribution in [0, 0.1) is 17.0 Å². The van der Waals surface area contributed by atoms with Crippen molar-refractivity contribution in [3.05, 3.63) is 79.6 Å². The highest BCUT2D eigenvalue weighted by molar-refractivity contribution is 6.31. The maximum Gasteiger partial charge on any atom is 0.270 e. The number of pyridine rings is 1. The van der Waals surface area contributed by atoms with Gasteiger partial charge in [-0.05, 0) is 43.7 Å². The Morgan fingerprint density at radius 2 is 1.93 bits per heavy atom. The van der Waals surface area contributed by atoms with E-state index in [4.69, 9.17) is 11.6 Å². The van der Waals surface area contributed by atoms with E-state index in [1.165, 1.54) is 34.9 Å². The highest BCUT2D eigenvalue weighted by Crippen LogP contribution is 2.24. The zero-order chi connectivity index (χ0) is 19.7. The Kier molecular flexibility index (Phi) is 4.96. The quantitative estimate of drug-likeness (QED) is 0.541. The van der Waals surface area contributed by atoms with E-state index in [1.807, 2.05) is 6.92 Å². The maximum absolute atomic E-state index is 12.7. The first kappa shape index (κ1) is 18.6. The Balaban J connectivity index is 1.98. The van der Waals surface area contributed by atoms with E-state index < -0.39 is 16.9 Å². The number of carbonyl (C=O) groups excluding carboxylic acids is 1. The number of hydrogen-bond donors (Lipinski definition) is 1. The molecule has 3 aromatic rings. The molecule has 0 aliphatic carbocycles. The van der Waals surface area contributed by atoms with E-state index in [2.05, 4.69) is 5.32 Å². The predicted molar refractivity (Wildman–Crippen MR) is 104 cm³/mol. The molecule has 1 heterocycles. The van der Waals surface area contributed by atoms with Gasteiger partial charge in [0.1, 0.15) is 6.04 Å². The number of anilines is 1. The number of nitrogens with zero attached hydrogens (tertiary/aromatic N) is 2. The van der Waals surface area contributed by atoms with Gasteiger partial charge in [-0.15, -0.1) is 0 Å². The lowest BCUT2D eigenvalue weighted by Crippen LogP contribution is -2.31. The van der Waals surface area contributed by atoms with Gasteiger partial charge in [-0.1, -0.05) is 17.7 Å². The maximum atomic E-state index is 12.7. The summed E-state index contributed by atoms with van der Waals surface area (Å²) in [6.07, 6.45) is 0. The smallest absolute Gasteiger partial charge is 0.270 e. The van der Waals surface area contributed by atoms with Crippen LogP contribution in [0.15, 0.2) is 53.3 Å². The average Bonchev–Trinajstić information content (AvgIpc) is 2.63. The molecule has 138 valence electrons. The second kappa shape index (κ2) is 7.20. The molecule has 0 fully saturated rings. The van der Waals surface area contributed by atoms with Gasteiger partial charge in [0, 0.05) is 34.3 Å². The average molecular weight is 386 g/mol. The number of nitrogens with one attached hydrogen (secondary N) is 1. The fraction of sp³-hybridized carbons (Fsp3) is 0.158. The van der Waals surface area contributed by atoms with Gasteiger partial charge in [0.2, 0.25) is 5.91 Å². The summed E-state index contributed by atoms with van der Waals surface area (Å²) in [6.45, 7) is 3.44. The molecule has 0 bridgehead atoms. The minimum absolute atomic E-state index is 0.0842. The molecule has 0 aliphatic rings. The number of amides is 1. The van der Waals surface area contributed by atoms with Crippen molar-refractivity contribution in [3.63, 3.8) is 0 Å². The van der Waals surface area contributed by atoms with Crippen LogP contribution in [-0.2, 0) is 4.79 Å². The van der Waals surface area contributed by atoms with Crippen LogP contribution >= 0.6 is 11.6 Å². The fourth-order valence-electron chi connectivity index (χ4n) is 2.80. The fourth-order valence-corrected chi connectivity index (χ4v) is 2.98. The van der Waals surface area contributed by atoms with Crippen molar-refractivity contribution in [2.24, 2.45) is 0 Å². The molecule has 8 heteroatoms. The minimum atomic E-state index is -0.831. The zero-order valence-corrected chi connectivity index (χ0v) is 15.4. The van der Waals surface area contributed by atoms with Crippen LogP contribution in [0.2, 0.25) is 5.02 Å². The number of aryl methyl sites for hydroxylation is 1. The standard InChI is InChI=1S/C19H16ClN3O4/c1-11-3-5-14(10-16(11)20)21-19(25)12(2)22-17-7-6-15(23(26)27)9-13(17)4-8-18(22)24/h3-10,12H,1-2H3,(H,21,25). The van der Waals surface area contributed by atoms with Gasteiger partial charge < -0.3 is 5.32 Å². The molecule has 2 aromatic carbocycles. The van der Waals surface area contributed by atoms with Crippen molar-refractivity contribution >= 4 is 39.8 Å².